The van der Waals surface area contributed by atoms with E-state index in [4.69, 9.17) is 14.3 Å². The lowest BCUT2D eigenvalue weighted by molar-refractivity contribution is -0.192. The predicted octanol–water partition coefficient (Wildman–Crippen LogP) is 5.00. The largest absolute Gasteiger partial charge is 0.490 e. The first kappa shape index (κ1) is 26.0. The summed E-state index contributed by atoms with van der Waals surface area (Å²) in [6.45, 7) is 5.64. The average Bonchev–Trinajstić information content (AvgIpc) is 3.23. The molecular weight excluding hydrogens is 470 g/mol. The molecule has 0 bridgehead atoms. The molecule has 0 aliphatic carbocycles. The molecule has 0 saturated carbocycles. The third kappa shape index (κ3) is 6.71. The fraction of sp³-hybridized carbons (Fsp3) is 0.375. The van der Waals surface area contributed by atoms with Crippen LogP contribution in [0.25, 0.3) is 11.0 Å². The Bertz CT molecular complexity index is 1190. The van der Waals surface area contributed by atoms with Crippen LogP contribution in [0.4, 0.5) is 23.2 Å². The van der Waals surface area contributed by atoms with Crippen molar-refractivity contribution in [1.82, 2.24) is 10.3 Å². The van der Waals surface area contributed by atoms with Crippen molar-refractivity contribution < 1.29 is 36.7 Å². The summed E-state index contributed by atoms with van der Waals surface area (Å²) in [4.78, 5) is 28.1. The van der Waals surface area contributed by atoms with Gasteiger partial charge in [-0.1, -0.05) is 0 Å². The van der Waals surface area contributed by atoms with E-state index >= 15 is 0 Å². The number of nitrogens with one attached hydrogen (secondary N) is 1. The number of anilines is 1. The number of hydrogen-bond donors (Lipinski definition) is 2. The Hall–Kier alpha value is -3.63. The predicted molar refractivity (Wildman–Crippen MR) is 120 cm³/mol. The van der Waals surface area contributed by atoms with Gasteiger partial charge in [0, 0.05) is 42.5 Å². The van der Waals surface area contributed by atoms with Gasteiger partial charge in [-0.25, -0.2) is 9.18 Å². The first-order valence-corrected chi connectivity index (χ1v) is 10.9. The van der Waals surface area contributed by atoms with Crippen molar-refractivity contribution in [2.75, 3.05) is 18.0 Å². The number of halogens is 4. The number of aromatic nitrogens is 1. The molecule has 4 rings (SSSR count). The van der Waals surface area contributed by atoms with Gasteiger partial charge in [-0.15, -0.1) is 0 Å². The van der Waals surface area contributed by atoms with Gasteiger partial charge < -0.3 is 19.7 Å². The van der Waals surface area contributed by atoms with Crippen molar-refractivity contribution in [3.63, 3.8) is 0 Å². The Labute approximate surface area is 198 Å². The van der Waals surface area contributed by atoms with Crippen LogP contribution in [0.5, 0.6) is 0 Å². The number of carboxylic acid groups (broad SMARTS) is 1. The highest BCUT2D eigenvalue weighted by atomic mass is 19.4. The van der Waals surface area contributed by atoms with Gasteiger partial charge in [-0.05, 0) is 62.6 Å². The van der Waals surface area contributed by atoms with Crippen molar-refractivity contribution in [2.24, 2.45) is 5.92 Å². The Morgan fingerprint density at radius 2 is 1.86 bits per heavy atom. The molecule has 2 aromatic heterocycles. The van der Waals surface area contributed by atoms with Crippen LogP contribution in [0, 0.1) is 18.7 Å². The molecule has 1 unspecified atom stereocenters. The molecule has 11 heteroatoms. The number of furan rings is 1. The van der Waals surface area contributed by atoms with Crippen molar-refractivity contribution in [3.05, 3.63) is 59.9 Å². The highest BCUT2D eigenvalue weighted by Gasteiger charge is 2.38. The van der Waals surface area contributed by atoms with Crippen molar-refractivity contribution in [3.8, 4) is 0 Å². The second-order valence-corrected chi connectivity index (χ2v) is 8.29. The molecule has 1 aliphatic heterocycles. The Morgan fingerprint density at radius 3 is 2.46 bits per heavy atom. The lowest BCUT2D eigenvalue weighted by Gasteiger charge is -2.34. The van der Waals surface area contributed by atoms with E-state index in [0.717, 1.165) is 31.5 Å². The number of alkyl halides is 3. The SMILES string of the molecule is Cc1cnccc1N1CCC(C(=O)NC(C)c2cc3cc(F)ccc3o2)CC1.O=C(O)C(F)(F)F. The van der Waals surface area contributed by atoms with Gasteiger partial charge in [0.25, 0.3) is 0 Å². The Kier molecular flexibility index (Phi) is 7.98. The van der Waals surface area contributed by atoms with E-state index in [1.165, 1.54) is 17.8 Å². The molecule has 0 radical (unpaired) electrons. The zero-order valence-electron chi connectivity index (χ0n) is 19.1. The van der Waals surface area contributed by atoms with E-state index in [0.29, 0.717) is 16.7 Å². The van der Waals surface area contributed by atoms with Crippen LogP contribution >= 0.6 is 0 Å². The number of hydrogen-bond acceptors (Lipinski definition) is 5. The van der Waals surface area contributed by atoms with Crippen molar-refractivity contribution >= 4 is 28.5 Å². The maximum Gasteiger partial charge on any atom is 0.490 e. The van der Waals surface area contributed by atoms with Gasteiger partial charge >= 0.3 is 12.1 Å². The van der Waals surface area contributed by atoms with E-state index in [9.17, 15) is 22.4 Å². The zero-order valence-corrected chi connectivity index (χ0v) is 19.1. The summed E-state index contributed by atoms with van der Waals surface area (Å²) in [5.74, 6) is -2.38. The number of piperidine rings is 1. The van der Waals surface area contributed by atoms with E-state index in [2.05, 4.69) is 22.1 Å². The number of rotatable bonds is 4. The molecule has 1 amide bonds. The molecule has 35 heavy (non-hydrogen) atoms. The van der Waals surface area contributed by atoms with Gasteiger partial charge in [-0.2, -0.15) is 13.2 Å². The molecular formula is C24H25F4N3O4. The molecule has 1 aliphatic rings. The lowest BCUT2D eigenvalue weighted by Crippen LogP contribution is -2.41. The smallest absolute Gasteiger partial charge is 0.475 e. The number of aryl methyl sites for hydroxylation is 1. The minimum atomic E-state index is -5.08. The fourth-order valence-electron chi connectivity index (χ4n) is 3.85. The molecule has 3 heterocycles. The third-order valence-electron chi connectivity index (χ3n) is 5.72. The number of pyridine rings is 1. The summed E-state index contributed by atoms with van der Waals surface area (Å²) < 4.78 is 50.9. The topological polar surface area (TPSA) is 95.7 Å². The Morgan fingerprint density at radius 1 is 1.20 bits per heavy atom. The molecule has 1 fully saturated rings. The van der Waals surface area contributed by atoms with Crippen LogP contribution in [0.15, 0.2) is 47.1 Å². The number of benzene rings is 1. The molecule has 2 N–H and O–H groups in total. The molecule has 1 saturated heterocycles. The number of carbonyl (C=O) groups is 2. The van der Waals surface area contributed by atoms with Crippen molar-refractivity contribution in [2.45, 2.75) is 38.9 Å². The van der Waals surface area contributed by atoms with Crippen LogP contribution in [-0.2, 0) is 9.59 Å². The third-order valence-corrected chi connectivity index (χ3v) is 5.72. The summed E-state index contributed by atoms with van der Waals surface area (Å²) in [6.07, 6.45) is 0.217. The Balaban J connectivity index is 0.000000429. The minimum absolute atomic E-state index is 0.0114. The monoisotopic (exact) mass is 495 g/mol. The number of carboxylic acids is 1. The summed E-state index contributed by atoms with van der Waals surface area (Å²) in [6, 6.07) is 7.98. The van der Waals surface area contributed by atoms with Crippen LogP contribution in [0.1, 0.15) is 37.1 Å². The van der Waals surface area contributed by atoms with E-state index < -0.39 is 12.1 Å². The number of aliphatic carboxylic acids is 1. The average molecular weight is 495 g/mol. The summed E-state index contributed by atoms with van der Waals surface area (Å²) in [5.41, 5.74) is 2.97. The van der Waals surface area contributed by atoms with E-state index in [1.807, 2.05) is 25.4 Å². The molecule has 1 atom stereocenters. The lowest BCUT2D eigenvalue weighted by atomic mass is 9.95. The van der Waals surface area contributed by atoms with Crippen LogP contribution in [0.3, 0.4) is 0 Å². The fourth-order valence-corrected chi connectivity index (χ4v) is 3.85. The first-order chi connectivity index (χ1) is 16.5. The minimum Gasteiger partial charge on any atom is -0.475 e. The van der Waals surface area contributed by atoms with Crippen LogP contribution in [0.2, 0.25) is 0 Å². The van der Waals surface area contributed by atoms with Gasteiger partial charge in [-0.3, -0.25) is 9.78 Å². The normalized spacial score (nSPS) is 15.3. The number of fused-ring (bicyclic) bond motifs is 1. The highest BCUT2D eigenvalue weighted by molar-refractivity contribution is 5.81. The standard InChI is InChI=1S/C22H24FN3O2.C2HF3O2/c1-14-13-24-8-5-19(14)26-9-6-16(7-10-26)22(27)25-15(2)21-12-17-11-18(23)3-4-20(17)28-21;3-2(4,5)1(6)7/h3-5,8,11-13,15-16H,6-7,9-10H2,1-2H3,(H,25,27);(H,6,7). The molecule has 7 nitrogen and oxygen atoms in total. The van der Waals surface area contributed by atoms with Gasteiger partial charge in [0.2, 0.25) is 5.91 Å². The van der Waals surface area contributed by atoms with Gasteiger partial charge in [0.1, 0.15) is 17.2 Å². The summed E-state index contributed by atoms with van der Waals surface area (Å²) >= 11 is 0. The highest BCUT2D eigenvalue weighted by Crippen LogP contribution is 2.28. The van der Waals surface area contributed by atoms with Crippen LogP contribution in [-0.4, -0.2) is 41.2 Å². The molecule has 0 spiro atoms. The maximum atomic E-state index is 13.4. The zero-order chi connectivity index (χ0) is 25.8. The first-order valence-electron chi connectivity index (χ1n) is 10.9. The van der Waals surface area contributed by atoms with Crippen molar-refractivity contribution in [1.29, 1.82) is 0 Å². The number of amides is 1. The van der Waals surface area contributed by atoms with E-state index in [1.54, 1.807) is 12.1 Å². The number of carbonyl (C=O) groups excluding carboxylic acids is 1. The summed E-state index contributed by atoms with van der Waals surface area (Å²) in [7, 11) is 0. The summed E-state index contributed by atoms with van der Waals surface area (Å²) in [5, 5.41) is 10.9. The van der Waals surface area contributed by atoms with E-state index in [-0.39, 0.29) is 23.7 Å². The number of nitrogens with zero attached hydrogens (tertiary/aromatic N) is 2. The van der Waals surface area contributed by atoms with Gasteiger partial charge in [0.15, 0.2) is 0 Å². The quantitative estimate of drug-likeness (QED) is 0.495. The maximum absolute atomic E-state index is 13.4. The molecule has 188 valence electrons. The van der Waals surface area contributed by atoms with Gasteiger partial charge in [0.05, 0.1) is 6.04 Å². The second-order valence-electron chi connectivity index (χ2n) is 8.29. The molecule has 3 aromatic rings. The van der Waals surface area contributed by atoms with Crippen LogP contribution < -0.4 is 10.2 Å². The molecule has 1 aromatic carbocycles. The second kappa shape index (κ2) is 10.7.